The van der Waals surface area contributed by atoms with E-state index in [1.165, 1.54) is 0 Å². The predicted octanol–water partition coefficient (Wildman–Crippen LogP) is -0.288. The number of halogens is 1. The van der Waals surface area contributed by atoms with Gasteiger partial charge in [0.1, 0.15) is 0 Å². The van der Waals surface area contributed by atoms with Crippen LogP contribution in [0.4, 0.5) is 0 Å². The van der Waals surface area contributed by atoms with E-state index >= 15 is 0 Å². The number of rotatable bonds is 5. The summed E-state index contributed by atoms with van der Waals surface area (Å²) in [7, 11) is 0. The van der Waals surface area contributed by atoms with Crippen LogP contribution in [0.3, 0.4) is 0 Å². The molecule has 0 atom stereocenters. The Morgan fingerprint density at radius 1 is 1.25 bits per heavy atom. The van der Waals surface area contributed by atoms with Gasteiger partial charge in [0.15, 0.2) is 5.65 Å². The summed E-state index contributed by atoms with van der Waals surface area (Å²) >= 11 is 5.87. The third kappa shape index (κ3) is 1.87. The van der Waals surface area contributed by atoms with Crippen molar-refractivity contribution >= 4 is 17.2 Å². The summed E-state index contributed by atoms with van der Waals surface area (Å²) in [6.45, 7) is 0.916. The maximum Gasteiger partial charge on any atom is 0.208 e. The molecule has 0 aliphatic rings. The SMILES string of the molecule is OCCN(CCO)n1ccn2c(Cl)ncc12. The molecule has 0 amide bonds. The largest absolute Gasteiger partial charge is 0.394 e. The van der Waals surface area contributed by atoms with Crippen molar-refractivity contribution in [3.63, 3.8) is 0 Å². The number of nitrogens with zero attached hydrogens (tertiary/aromatic N) is 4. The fourth-order valence-corrected chi connectivity index (χ4v) is 1.83. The lowest BCUT2D eigenvalue weighted by Gasteiger charge is -2.24. The minimum Gasteiger partial charge on any atom is -0.394 e. The van der Waals surface area contributed by atoms with Crippen LogP contribution in [0.15, 0.2) is 18.6 Å². The van der Waals surface area contributed by atoms with Crippen molar-refractivity contribution in [3.8, 4) is 0 Å². The molecular weight excluding hydrogens is 232 g/mol. The average molecular weight is 245 g/mol. The molecule has 2 N–H and O–H groups in total. The lowest BCUT2D eigenvalue weighted by molar-refractivity contribution is 0.266. The smallest absolute Gasteiger partial charge is 0.208 e. The average Bonchev–Trinajstić information content (AvgIpc) is 2.82. The van der Waals surface area contributed by atoms with Crippen molar-refractivity contribution in [3.05, 3.63) is 23.9 Å². The van der Waals surface area contributed by atoms with Crippen LogP contribution in [0.1, 0.15) is 0 Å². The maximum absolute atomic E-state index is 8.95. The zero-order valence-corrected chi connectivity index (χ0v) is 9.38. The molecule has 0 saturated heterocycles. The quantitative estimate of drug-likeness (QED) is 0.759. The molecule has 88 valence electrons. The molecule has 0 aliphatic carbocycles. The highest BCUT2D eigenvalue weighted by Gasteiger charge is 2.10. The van der Waals surface area contributed by atoms with Gasteiger partial charge in [-0.2, -0.15) is 0 Å². The summed E-state index contributed by atoms with van der Waals surface area (Å²) in [4.78, 5) is 3.97. The Bertz CT molecular complexity index is 461. The normalized spacial score (nSPS) is 11.2. The van der Waals surface area contributed by atoms with E-state index in [9.17, 15) is 0 Å². The van der Waals surface area contributed by atoms with E-state index in [-0.39, 0.29) is 13.2 Å². The molecule has 7 heteroatoms. The van der Waals surface area contributed by atoms with Gasteiger partial charge < -0.3 is 15.2 Å². The number of hydrogen-bond donors (Lipinski definition) is 2. The fourth-order valence-electron chi connectivity index (χ4n) is 1.64. The number of aromatic nitrogens is 3. The van der Waals surface area contributed by atoms with Crippen LogP contribution in [0, 0.1) is 0 Å². The van der Waals surface area contributed by atoms with E-state index < -0.39 is 0 Å². The Kier molecular flexibility index (Phi) is 3.33. The molecule has 2 aromatic rings. The van der Waals surface area contributed by atoms with E-state index in [1.807, 2.05) is 15.9 Å². The first kappa shape index (κ1) is 11.3. The molecule has 2 heterocycles. The minimum absolute atomic E-state index is 0.0200. The Morgan fingerprint density at radius 2 is 1.94 bits per heavy atom. The number of aliphatic hydroxyl groups excluding tert-OH is 2. The Morgan fingerprint density at radius 3 is 2.56 bits per heavy atom. The van der Waals surface area contributed by atoms with Gasteiger partial charge in [0.25, 0.3) is 0 Å². The van der Waals surface area contributed by atoms with Crippen molar-refractivity contribution in [2.24, 2.45) is 0 Å². The molecule has 2 aromatic heterocycles. The molecule has 0 radical (unpaired) electrons. The first-order valence-corrected chi connectivity index (χ1v) is 5.32. The summed E-state index contributed by atoms with van der Waals surface area (Å²) in [6, 6.07) is 0. The molecule has 2 rings (SSSR count). The monoisotopic (exact) mass is 244 g/mol. The van der Waals surface area contributed by atoms with E-state index in [1.54, 1.807) is 16.8 Å². The lowest BCUT2D eigenvalue weighted by Crippen LogP contribution is -2.38. The highest BCUT2D eigenvalue weighted by molar-refractivity contribution is 6.28. The lowest BCUT2D eigenvalue weighted by atomic mass is 10.6. The van der Waals surface area contributed by atoms with Gasteiger partial charge in [0.05, 0.1) is 32.5 Å². The molecule has 6 nitrogen and oxygen atoms in total. The minimum atomic E-state index is 0.0200. The van der Waals surface area contributed by atoms with Crippen LogP contribution in [0.25, 0.3) is 5.65 Å². The van der Waals surface area contributed by atoms with E-state index in [4.69, 9.17) is 21.8 Å². The summed E-state index contributed by atoms with van der Waals surface area (Å²) < 4.78 is 3.54. The van der Waals surface area contributed by atoms with Crippen LogP contribution in [0.2, 0.25) is 5.28 Å². The van der Waals surface area contributed by atoms with Crippen molar-refractivity contribution in [1.29, 1.82) is 0 Å². The summed E-state index contributed by atoms with van der Waals surface area (Å²) in [5.41, 5.74) is 0.798. The second-order valence-electron chi connectivity index (χ2n) is 3.30. The standard InChI is InChI=1S/C9H13ClN4O2/c10-9-11-7-8-13(9)1-2-14(8)12(3-5-15)4-6-16/h1-2,7,15-16H,3-6H2. The fraction of sp³-hybridized carbons (Fsp3) is 0.444. The Labute approximate surface area is 97.3 Å². The van der Waals surface area contributed by atoms with Gasteiger partial charge in [-0.1, -0.05) is 0 Å². The molecule has 0 aliphatic heterocycles. The van der Waals surface area contributed by atoms with Gasteiger partial charge in [-0.15, -0.1) is 0 Å². The topological polar surface area (TPSA) is 65.9 Å². The van der Waals surface area contributed by atoms with Gasteiger partial charge >= 0.3 is 0 Å². The van der Waals surface area contributed by atoms with Gasteiger partial charge in [-0.25, -0.2) is 9.66 Å². The summed E-state index contributed by atoms with van der Waals surface area (Å²) in [5.74, 6) is 0. The predicted molar refractivity (Wildman–Crippen MR) is 60.3 cm³/mol. The first-order valence-electron chi connectivity index (χ1n) is 4.94. The van der Waals surface area contributed by atoms with Crippen LogP contribution in [-0.2, 0) is 0 Å². The molecule has 0 aromatic carbocycles. The van der Waals surface area contributed by atoms with Crippen molar-refractivity contribution in [1.82, 2.24) is 14.1 Å². The summed E-state index contributed by atoms with van der Waals surface area (Å²) in [6.07, 6.45) is 5.24. The zero-order chi connectivity index (χ0) is 11.5. The molecule has 16 heavy (non-hydrogen) atoms. The van der Waals surface area contributed by atoms with Crippen molar-refractivity contribution in [2.75, 3.05) is 31.3 Å². The van der Waals surface area contributed by atoms with Gasteiger partial charge in [0, 0.05) is 12.4 Å². The van der Waals surface area contributed by atoms with Crippen LogP contribution in [0.5, 0.6) is 0 Å². The van der Waals surface area contributed by atoms with Crippen LogP contribution < -0.4 is 5.01 Å². The van der Waals surface area contributed by atoms with E-state index in [2.05, 4.69) is 4.98 Å². The van der Waals surface area contributed by atoms with Crippen molar-refractivity contribution in [2.45, 2.75) is 0 Å². The second kappa shape index (κ2) is 4.73. The second-order valence-corrected chi connectivity index (χ2v) is 3.64. The molecule has 0 fully saturated rings. The first-order chi connectivity index (χ1) is 7.77. The van der Waals surface area contributed by atoms with Gasteiger partial charge in [-0.05, 0) is 11.6 Å². The third-order valence-electron chi connectivity index (χ3n) is 2.34. The van der Waals surface area contributed by atoms with Gasteiger partial charge in [-0.3, -0.25) is 4.40 Å². The number of hydrogen-bond acceptors (Lipinski definition) is 4. The van der Waals surface area contributed by atoms with Crippen LogP contribution in [-0.4, -0.2) is 50.6 Å². The van der Waals surface area contributed by atoms with Gasteiger partial charge in [0.2, 0.25) is 5.28 Å². The van der Waals surface area contributed by atoms with E-state index in [0.29, 0.717) is 18.4 Å². The highest BCUT2D eigenvalue weighted by Crippen LogP contribution is 2.12. The molecule has 0 spiro atoms. The van der Waals surface area contributed by atoms with Crippen molar-refractivity contribution < 1.29 is 10.2 Å². The van der Waals surface area contributed by atoms with E-state index in [0.717, 1.165) is 5.65 Å². The highest BCUT2D eigenvalue weighted by atomic mass is 35.5. The number of fused-ring (bicyclic) bond motifs is 1. The molecule has 0 unspecified atom stereocenters. The number of aliphatic hydroxyl groups is 2. The molecule has 0 saturated carbocycles. The Hall–Kier alpha value is -1.24. The maximum atomic E-state index is 8.95. The molecular formula is C9H13ClN4O2. The third-order valence-corrected chi connectivity index (χ3v) is 2.62. The molecule has 0 bridgehead atoms. The number of imidazole rings is 2. The Balaban J connectivity index is 2.35. The summed E-state index contributed by atoms with van der Waals surface area (Å²) in [5, 5.41) is 20.1. The zero-order valence-electron chi connectivity index (χ0n) is 8.62. The van der Waals surface area contributed by atoms with Crippen LogP contribution >= 0.6 is 11.6 Å².